The molecule has 0 aromatic rings. The lowest BCUT2D eigenvalue weighted by molar-refractivity contribution is -0.143. The highest BCUT2D eigenvalue weighted by Gasteiger charge is 2.44. The van der Waals surface area contributed by atoms with Crippen molar-refractivity contribution in [3.63, 3.8) is 0 Å². The predicted octanol–water partition coefficient (Wildman–Crippen LogP) is 2.08. The van der Waals surface area contributed by atoms with Gasteiger partial charge in [-0.1, -0.05) is 20.8 Å². The SMILES string of the molecule is CCN(CC)C1CCN(C(=O)C2(CN)CCC(C)CC2)C1. The maximum Gasteiger partial charge on any atom is 0.230 e. The molecule has 4 nitrogen and oxygen atoms in total. The van der Waals surface area contributed by atoms with Crippen molar-refractivity contribution >= 4 is 5.91 Å². The van der Waals surface area contributed by atoms with Crippen LogP contribution in [0.5, 0.6) is 0 Å². The molecule has 0 spiro atoms. The van der Waals surface area contributed by atoms with Crippen LogP contribution in [0.4, 0.5) is 0 Å². The molecule has 1 aliphatic carbocycles. The van der Waals surface area contributed by atoms with Crippen LogP contribution >= 0.6 is 0 Å². The summed E-state index contributed by atoms with van der Waals surface area (Å²) in [7, 11) is 0. The number of likely N-dealkylation sites (N-methyl/N-ethyl adjacent to an activating group) is 1. The van der Waals surface area contributed by atoms with E-state index in [0.717, 1.165) is 64.2 Å². The third-order valence-electron chi connectivity index (χ3n) is 5.86. The molecule has 122 valence electrons. The third-order valence-corrected chi connectivity index (χ3v) is 5.86. The van der Waals surface area contributed by atoms with Gasteiger partial charge in [0.1, 0.15) is 0 Å². The van der Waals surface area contributed by atoms with Gasteiger partial charge < -0.3 is 10.6 Å². The van der Waals surface area contributed by atoms with Gasteiger partial charge in [-0.2, -0.15) is 0 Å². The first-order valence-corrected chi connectivity index (χ1v) is 8.79. The zero-order valence-electron chi connectivity index (χ0n) is 14.1. The molecule has 0 bridgehead atoms. The van der Waals surface area contributed by atoms with Crippen LogP contribution in [0.25, 0.3) is 0 Å². The Morgan fingerprint density at radius 2 is 1.86 bits per heavy atom. The van der Waals surface area contributed by atoms with Crippen molar-refractivity contribution in [1.29, 1.82) is 0 Å². The van der Waals surface area contributed by atoms with Crippen LogP contribution in [0.3, 0.4) is 0 Å². The number of hydrogen-bond acceptors (Lipinski definition) is 3. The Kier molecular flexibility index (Phi) is 5.67. The number of rotatable bonds is 5. The van der Waals surface area contributed by atoms with E-state index in [1.165, 1.54) is 0 Å². The lowest BCUT2D eigenvalue weighted by Gasteiger charge is -2.40. The minimum absolute atomic E-state index is 0.259. The third kappa shape index (κ3) is 3.42. The average Bonchev–Trinajstić information content (AvgIpc) is 2.99. The van der Waals surface area contributed by atoms with Crippen molar-refractivity contribution in [2.24, 2.45) is 17.1 Å². The minimum atomic E-state index is -0.259. The first kappa shape index (κ1) is 16.8. The topological polar surface area (TPSA) is 49.6 Å². The smallest absolute Gasteiger partial charge is 0.230 e. The fraction of sp³-hybridized carbons (Fsp3) is 0.941. The minimum Gasteiger partial charge on any atom is -0.341 e. The number of nitrogens with zero attached hydrogens (tertiary/aromatic N) is 2. The Balaban J connectivity index is 2.00. The summed E-state index contributed by atoms with van der Waals surface area (Å²) < 4.78 is 0. The fourth-order valence-electron chi connectivity index (χ4n) is 4.12. The Morgan fingerprint density at radius 1 is 1.24 bits per heavy atom. The number of amides is 1. The van der Waals surface area contributed by atoms with Gasteiger partial charge in [-0.3, -0.25) is 9.69 Å². The summed E-state index contributed by atoms with van der Waals surface area (Å²) in [6.45, 7) is 11.2. The van der Waals surface area contributed by atoms with Crippen LogP contribution in [0, 0.1) is 11.3 Å². The number of hydrogen-bond donors (Lipinski definition) is 1. The van der Waals surface area contributed by atoms with E-state index in [-0.39, 0.29) is 5.41 Å². The van der Waals surface area contributed by atoms with Crippen LogP contribution in [0.15, 0.2) is 0 Å². The molecule has 1 atom stereocenters. The van der Waals surface area contributed by atoms with E-state index in [9.17, 15) is 4.79 Å². The molecule has 1 heterocycles. The largest absolute Gasteiger partial charge is 0.341 e. The second-order valence-corrected chi connectivity index (χ2v) is 7.08. The zero-order chi connectivity index (χ0) is 15.5. The maximum atomic E-state index is 13.0. The van der Waals surface area contributed by atoms with Gasteiger partial charge in [0.05, 0.1) is 5.41 Å². The molecule has 2 fully saturated rings. The van der Waals surface area contributed by atoms with Crippen molar-refractivity contribution < 1.29 is 4.79 Å². The second kappa shape index (κ2) is 7.10. The molecule has 1 saturated heterocycles. The summed E-state index contributed by atoms with van der Waals surface area (Å²) in [5.74, 6) is 1.09. The van der Waals surface area contributed by atoms with Crippen LogP contribution < -0.4 is 5.73 Å². The van der Waals surface area contributed by atoms with Crippen molar-refractivity contribution in [3.05, 3.63) is 0 Å². The van der Waals surface area contributed by atoms with Gasteiger partial charge in [0, 0.05) is 25.7 Å². The highest BCUT2D eigenvalue weighted by atomic mass is 16.2. The van der Waals surface area contributed by atoms with E-state index in [2.05, 4.69) is 30.6 Å². The van der Waals surface area contributed by atoms with E-state index in [0.29, 0.717) is 18.5 Å². The highest BCUT2D eigenvalue weighted by molar-refractivity contribution is 5.83. The summed E-state index contributed by atoms with van der Waals surface area (Å²) in [5.41, 5.74) is 5.78. The summed E-state index contributed by atoms with van der Waals surface area (Å²) in [4.78, 5) is 17.6. The lowest BCUT2D eigenvalue weighted by Crippen LogP contribution is -2.50. The predicted molar refractivity (Wildman–Crippen MR) is 87.0 cm³/mol. The first-order chi connectivity index (χ1) is 10.1. The fourth-order valence-corrected chi connectivity index (χ4v) is 4.12. The van der Waals surface area contributed by atoms with Crippen molar-refractivity contribution in [3.8, 4) is 0 Å². The van der Waals surface area contributed by atoms with E-state index in [4.69, 9.17) is 5.73 Å². The molecule has 2 N–H and O–H groups in total. The maximum absolute atomic E-state index is 13.0. The van der Waals surface area contributed by atoms with Crippen LogP contribution in [-0.2, 0) is 4.79 Å². The number of likely N-dealkylation sites (tertiary alicyclic amines) is 1. The quantitative estimate of drug-likeness (QED) is 0.845. The van der Waals surface area contributed by atoms with Gasteiger partial charge >= 0.3 is 0 Å². The zero-order valence-corrected chi connectivity index (χ0v) is 14.1. The van der Waals surface area contributed by atoms with Crippen LogP contribution in [0.1, 0.15) is 52.9 Å². The number of carbonyl (C=O) groups excluding carboxylic acids is 1. The molecule has 1 saturated carbocycles. The number of carbonyl (C=O) groups is 1. The van der Waals surface area contributed by atoms with Crippen LogP contribution in [-0.4, -0.2) is 54.5 Å². The molecule has 0 radical (unpaired) electrons. The Bertz CT molecular complexity index is 346. The Hall–Kier alpha value is -0.610. The molecule has 21 heavy (non-hydrogen) atoms. The van der Waals surface area contributed by atoms with Crippen LogP contribution in [0.2, 0.25) is 0 Å². The summed E-state index contributed by atoms with van der Waals surface area (Å²) in [6.07, 6.45) is 5.38. The highest BCUT2D eigenvalue weighted by Crippen LogP contribution is 2.40. The van der Waals surface area contributed by atoms with E-state index < -0.39 is 0 Å². The van der Waals surface area contributed by atoms with Crippen molar-refractivity contribution in [2.45, 2.75) is 58.9 Å². The Morgan fingerprint density at radius 3 is 2.38 bits per heavy atom. The molecule has 1 amide bonds. The normalized spacial score (nSPS) is 33.7. The molecule has 1 aliphatic heterocycles. The van der Waals surface area contributed by atoms with Crippen molar-refractivity contribution in [2.75, 3.05) is 32.7 Å². The van der Waals surface area contributed by atoms with Gasteiger partial charge in [0.15, 0.2) is 0 Å². The average molecular weight is 295 g/mol. The van der Waals surface area contributed by atoms with Gasteiger partial charge in [0.25, 0.3) is 0 Å². The monoisotopic (exact) mass is 295 g/mol. The Labute approximate surface area is 130 Å². The van der Waals surface area contributed by atoms with E-state index in [1.54, 1.807) is 0 Å². The second-order valence-electron chi connectivity index (χ2n) is 7.08. The molecule has 0 aromatic carbocycles. The molecular weight excluding hydrogens is 262 g/mol. The van der Waals surface area contributed by atoms with Gasteiger partial charge in [0.2, 0.25) is 5.91 Å². The standard InChI is InChI=1S/C17H33N3O/c1-4-19(5-2)15-8-11-20(12-15)16(21)17(13-18)9-6-14(3)7-10-17/h14-15H,4-13,18H2,1-3H3. The molecule has 2 rings (SSSR count). The summed E-state index contributed by atoms with van der Waals surface area (Å²) in [6, 6.07) is 0.543. The molecule has 0 aromatic heterocycles. The first-order valence-electron chi connectivity index (χ1n) is 8.79. The number of nitrogens with two attached hydrogens (primary N) is 1. The van der Waals surface area contributed by atoms with Gasteiger partial charge in [-0.15, -0.1) is 0 Å². The van der Waals surface area contributed by atoms with Gasteiger partial charge in [-0.25, -0.2) is 0 Å². The van der Waals surface area contributed by atoms with E-state index >= 15 is 0 Å². The molecule has 1 unspecified atom stereocenters. The van der Waals surface area contributed by atoms with Crippen molar-refractivity contribution in [1.82, 2.24) is 9.80 Å². The summed E-state index contributed by atoms with van der Waals surface area (Å²) >= 11 is 0. The lowest BCUT2D eigenvalue weighted by atomic mass is 9.70. The molecule has 2 aliphatic rings. The molecular formula is C17H33N3O. The molecule has 4 heteroatoms. The van der Waals surface area contributed by atoms with E-state index in [1.807, 2.05) is 0 Å². The summed E-state index contributed by atoms with van der Waals surface area (Å²) in [5, 5.41) is 0. The van der Waals surface area contributed by atoms with Gasteiger partial charge in [-0.05, 0) is 51.1 Å².